The molecular formula is C16H14ClNO3. The van der Waals surface area contributed by atoms with Gasteiger partial charge in [-0.3, -0.25) is 4.79 Å². The van der Waals surface area contributed by atoms with Crippen molar-refractivity contribution in [3.05, 3.63) is 64.7 Å². The summed E-state index contributed by atoms with van der Waals surface area (Å²) in [7, 11) is 1.71. The smallest absolute Gasteiger partial charge is 0.340 e. The van der Waals surface area contributed by atoms with Gasteiger partial charge in [-0.1, -0.05) is 23.7 Å². The Morgan fingerprint density at radius 1 is 1.10 bits per heavy atom. The van der Waals surface area contributed by atoms with Gasteiger partial charge >= 0.3 is 5.97 Å². The first-order chi connectivity index (χ1) is 10.1. The number of carbonyl (C=O) groups is 2. The number of hydrogen-bond acceptors (Lipinski definition) is 4. The maximum absolute atomic E-state index is 12.0. The lowest BCUT2D eigenvalue weighted by Gasteiger charge is -2.08. The average molecular weight is 304 g/mol. The number of benzene rings is 2. The number of esters is 1. The summed E-state index contributed by atoms with van der Waals surface area (Å²) in [4.78, 5) is 23.9. The van der Waals surface area contributed by atoms with Crippen LogP contribution < -0.4 is 5.32 Å². The van der Waals surface area contributed by atoms with Crippen LogP contribution in [0.1, 0.15) is 20.7 Å². The highest BCUT2D eigenvalue weighted by Gasteiger charge is 2.14. The first-order valence-corrected chi connectivity index (χ1v) is 6.72. The summed E-state index contributed by atoms with van der Waals surface area (Å²) in [6.45, 7) is -0.307. The van der Waals surface area contributed by atoms with Crippen molar-refractivity contribution in [1.29, 1.82) is 0 Å². The van der Waals surface area contributed by atoms with E-state index in [0.717, 1.165) is 0 Å². The van der Waals surface area contributed by atoms with Crippen molar-refractivity contribution in [3.63, 3.8) is 0 Å². The van der Waals surface area contributed by atoms with Crippen LogP contribution in [0, 0.1) is 0 Å². The van der Waals surface area contributed by atoms with Gasteiger partial charge in [0.05, 0.1) is 5.56 Å². The molecule has 0 aliphatic rings. The standard InChI is InChI=1S/C16H14ClNO3/c1-18-14-5-3-2-4-13(14)16(20)21-10-15(19)11-6-8-12(17)9-7-11/h2-9,18H,10H2,1H3. The Labute approximate surface area is 127 Å². The molecule has 21 heavy (non-hydrogen) atoms. The van der Waals surface area contributed by atoms with Crippen molar-refractivity contribution in [1.82, 2.24) is 0 Å². The molecule has 0 fully saturated rings. The number of halogens is 1. The minimum absolute atomic E-state index is 0.276. The SMILES string of the molecule is CNc1ccccc1C(=O)OCC(=O)c1ccc(Cl)cc1. The first-order valence-electron chi connectivity index (χ1n) is 6.34. The van der Waals surface area contributed by atoms with Crippen molar-refractivity contribution < 1.29 is 14.3 Å². The Hall–Kier alpha value is -2.33. The maximum Gasteiger partial charge on any atom is 0.340 e. The highest BCUT2D eigenvalue weighted by atomic mass is 35.5. The fraction of sp³-hybridized carbons (Fsp3) is 0.125. The summed E-state index contributed by atoms with van der Waals surface area (Å²) in [6, 6.07) is 13.4. The van der Waals surface area contributed by atoms with E-state index in [4.69, 9.17) is 16.3 Å². The minimum Gasteiger partial charge on any atom is -0.454 e. The van der Waals surface area contributed by atoms with E-state index >= 15 is 0 Å². The number of hydrogen-bond donors (Lipinski definition) is 1. The molecule has 0 saturated heterocycles. The van der Waals surface area contributed by atoms with Gasteiger partial charge in [0.1, 0.15) is 0 Å². The molecule has 5 heteroatoms. The number of anilines is 1. The van der Waals surface area contributed by atoms with Gasteiger partial charge in [-0.25, -0.2) is 4.79 Å². The van der Waals surface area contributed by atoms with Crippen LogP contribution in [-0.4, -0.2) is 25.4 Å². The molecule has 0 aliphatic carbocycles. The number of Topliss-reactive ketones (excluding diaryl/α,β-unsaturated/α-hetero) is 1. The summed E-state index contributed by atoms with van der Waals surface area (Å²) < 4.78 is 5.06. The third kappa shape index (κ3) is 3.83. The lowest BCUT2D eigenvalue weighted by Crippen LogP contribution is -2.15. The molecular weight excluding hydrogens is 290 g/mol. The summed E-state index contributed by atoms with van der Waals surface area (Å²) >= 11 is 5.75. The topological polar surface area (TPSA) is 55.4 Å². The van der Waals surface area contributed by atoms with Gasteiger partial charge in [-0.05, 0) is 36.4 Å². The van der Waals surface area contributed by atoms with Gasteiger partial charge in [0, 0.05) is 23.3 Å². The lowest BCUT2D eigenvalue weighted by molar-refractivity contribution is 0.0475. The molecule has 0 atom stereocenters. The molecule has 0 unspecified atom stereocenters. The van der Waals surface area contributed by atoms with Crippen LogP contribution in [0.15, 0.2) is 48.5 Å². The van der Waals surface area contributed by atoms with Crippen LogP contribution in [0.5, 0.6) is 0 Å². The van der Waals surface area contributed by atoms with Gasteiger partial charge in [0.2, 0.25) is 0 Å². The van der Waals surface area contributed by atoms with Crippen molar-refractivity contribution in [2.45, 2.75) is 0 Å². The zero-order valence-electron chi connectivity index (χ0n) is 11.4. The molecule has 1 N–H and O–H groups in total. The minimum atomic E-state index is -0.540. The number of ketones is 1. The van der Waals surface area contributed by atoms with E-state index in [2.05, 4.69) is 5.32 Å². The van der Waals surface area contributed by atoms with Crippen LogP contribution in [0.3, 0.4) is 0 Å². The third-order valence-corrected chi connectivity index (χ3v) is 3.17. The number of para-hydroxylation sites is 1. The van der Waals surface area contributed by atoms with Crippen LogP contribution in [0.25, 0.3) is 0 Å². The number of rotatable bonds is 5. The van der Waals surface area contributed by atoms with Gasteiger partial charge in [0.25, 0.3) is 0 Å². The Bertz CT molecular complexity index is 653. The molecule has 0 saturated carbocycles. The quantitative estimate of drug-likeness (QED) is 0.679. The summed E-state index contributed by atoms with van der Waals surface area (Å²) in [5.74, 6) is -0.816. The fourth-order valence-electron chi connectivity index (χ4n) is 1.81. The second-order valence-corrected chi connectivity index (χ2v) is 4.74. The normalized spacial score (nSPS) is 10.0. The van der Waals surface area contributed by atoms with Crippen LogP contribution in [0.4, 0.5) is 5.69 Å². The van der Waals surface area contributed by atoms with Crippen LogP contribution in [-0.2, 0) is 4.74 Å². The Morgan fingerprint density at radius 3 is 2.43 bits per heavy atom. The molecule has 0 aliphatic heterocycles. The van der Waals surface area contributed by atoms with Gasteiger partial charge in [-0.2, -0.15) is 0 Å². The molecule has 2 rings (SSSR count). The molecule has 0 radical (unpaired) electrons. The van der Waals surface area contributed by atoms with E-state index in [9.17, 15) is 9.59 Å². The van der Waals surface area contributed by atoms with E-state index in [0.29, 0.717) is 21.8 Å². The highest BCUT2D eigenvalue weighted by molar-refractivity contribution is 6.30. The van der Waals surface area contributed by atoms with Crippen molar-refractivity contribution in [2.24, 2.45) is 0 Å². The lowest BCUT2D eigenvalue weighted by atomic mass is 10.1. The zero-order chi connectivity index (χ0) is 15.2. The molecule has 108 valence electrons. The fourth-order valence-corrected chi connectivity index (χ4v) is 1.93. The monoisotopic (exact) mass is 303 g/mol. The van der Waals surface area contributed by atoms with E-state index < -0.39 is 5.97 Å². The molecule has 0 bridgehead atoms. The summed E-state index contributed by atoms with van der Waals surface area (Å²) in [5, 5.41) is 3.45. The van der Waals surface area contributed by atoms with E-state index in [1.54, 1.807) is 49.5 Å². The Kier molecular flexibility index (Phi) is 4.95. The Morgan fingerprint density at radius 2 is 1.76 bits per heavy atom. The average Bonchev–Trinajstić information content (AvgIpc) is 2.52. The zero-order valence-corrected chi connectivity index (χ0v) is 12.2. The summed E-state index contributed by atoms with van der Waals surface area (Å²) in [5.41, 5.74) is 1.50. The van der Waals surface area contributed by atoms with E-state index in [-0.39, 0.29) is 12.4 Å². The van der Waals surface area contributed by atoms with Crippen molar-refractivity contribution in [2.75, 3.05) is 19.0 Å². The molecule has 0 amide bonds. The first kappa shape index (κ1) is 15.1. The molecule has 0 heterocycles. The second kappa shape index (κ2) is 6.90. The predicted molar refractivity (Wildman–Crippen MR) is 82.1 cm³/mol. The van der Waals surface area contributed by atoms with E-state index in [1.165, 1.54) is 0 Å². The van der Waals surface area contributed by atoms with Crippen molar-refractivity contribution in [3.8, 4) is 0 Å². The van der Waals surface area contributed by atoms with Gasteiger partial charge in [0.15, 0.2) is 12.4 Å². The van der Waals surface area contributed by atoms with Gasteiger partial charge in [-0.15, -0.1) is 0 Å². The number of nitrogens with one attached hydrogen (secondary N) is 1. The Balaban J connectivity index is 2.01. The summed E-state index contributed by atoms with van der Waals surface area (Å²) in [6.07, 6.45) is 0. The predicted octanol–water partition coefficient (Wildman–Crippen LogP) is 3.42. The second-order valence-electron chi connectivity index (χ2n) is 4.30. The van der Waals surface area contributed by atoms with Crippen LogP contribution in [0.2, 0.25) is 5.02 Å². The molecule has 0 aromatic heterocycles. The van der Waals surface area contributed by atoms with Crippen molar-refractivity contribution >= 4 is 29.0 Å². The van der Waals surface area contributed by atoms with Crippen LogP contribution >= 0.6 is 11.6 Å². The molecule has 0 spiro atoms. The molecule has 2 aromatic carbocycles. The number of ether oxygens (including phenoxy) is 1. The van der Waals surface area contributed by atoms with E-state index in [1.807, 2.05) is 6.07 Å². The highest BCUT2D eigenvalue weighted by Crippen LogP contribution is 2.16. The third-order valence-electron chi connectivity index (χ3n) is 2.92. The number of carbonyl (C=O) groups excluding carboxylic acids is 2. The van der Waals surface area contributed by atoms with Gasteiger partial charge < -0.3 is 10.1 Å². The molecule has 4 nitrogen and oxygen atoms in total. The maximum atomic E-state index is 12.0. The largest absolute Gasteiger partial charge is 0.454 e. The molecule has 2 aromatic rings.